The fourth-order valence-electron chi connectivity index (χ4n) is 4.99. The highest BCUT2D eigenvalue weighted by Gasteiger charge is 2.14. The van der Waals surface area contributed by atoms with Crippen molar-refractivity contribution in [3.8, 4) is 16.9 Å². The zero-order chi connectivity index (χ0) is 26.5. The molecule has 0 amide bonds. The van der Waals surface area contributed by atoms with E-state index in [9.17, 15) is 0 Å². The van der Waals surface area contributed by atoms with E-state index in [1.807, 2.05) is 12.1 Å². The Kier molecular flexibility index (Phi) is 7.56. The van der Waals surface area contributed by atoms with Gasteiger partial charge in [0.15, 0.2) is 0 Å². The van der Waals surface area contributed by atoms with E-state index in [1.54, 1.807) is 7.11 Å². The quantitative estimate of drug-likeness (QED) is 0.232. The SMILES string of the molecule is C=C(c1ccc(OC)cc1)c1ccccc1-c1cc(/C=C(\C2=CCC(C)C=C2)c2ccccc2)ccc1C. The van der Waals surface area contributed by atoms with Gasteiger partial charge in [0.2, 0.25) is 0 Å². The number of hydrogen-bond donors (Lipinski definition) is 0. The lowest BCUT2D eigenvalue weighted by atomic mass is 9.87. The summed E-state index contributed by atoms with van der Waals surface area (Å²) in [5.74, 6) is 1.42. The summed E-state index contributed by atoms with van der Waals surface area (Å²) in [6, 6.07) is 34.1. The molecule has 4 aromatic carbocycles. The molecular weight excluding hydrogens is 460 g/mol. The molecule has 1 nitrogen and oxygen atoms in total. The van der Waals surface area contributed by atoms with Gasteiger partial charge in [-0.1, -0.05) is 111 Å². The zero-order valence-electron chi connectivity index (χ0n) is 22.4. The van der Waals surface area contributed by atoms with Crippen LogP contribution in [0.1, 0.15) is 41.2 Å². The van der Waals surface area contributed by atoms with Gasteiger partial charge in [0.05, 0.1) is 7.11 Å². The highest BCUT2D eigenvalue weighted by atomic mass is 16.5. The predicted molar refractivity (Wildman–Crippen MR) is 163 cm³/mol. The summed E-state index contributed by atoms with van der Waals surface area (Å²) in [7, 11) is 1.69. The molecule has 0 fully saturated rings. The lowest BCUT2D eigenvalue weighted by Gasteiger charge is -2.17. The molecule has 0 aromatic heterocycles. The summed E-state index contributed by atoms with van der Waals surface area (Å²) in [5, 5.41) is 0. The second-order valence-corrected chi connectivity index (χ2v) is 9.98. The molecule has 0 saturated heterocycles. The molecule has 0 bridgehead atoms. The molecule has 1 aliphatic rings. The van der Waals surface area contributed by atoms with Gasteiger partial charge in [0.25, 0.3) is 0 Å². The van der Waals surface area contributed by atoms with Crippen molar-refractivity contribution >= 4 is 17.2 Å². The molecule has 0 radical (unpaired) electrons. The predicted octanol–water partition coefficient (Wildman–Crippen LogP) is 9.80. The number of aryl methyl sites for hydroxylation is 1. The van der Waals surface area contributed by atoms with E-state index in [2.05, 4.69) is 130 Å². The number of hydrogen-bond acceptors (Lipinski definition) is 1. The van der Waals surface area contributed by atoms with Crippen LogP contribution in [0.3, 0.4) is 0 Å². The Labute approximate surface area is 227 Å². The van der Waals surface area contributed by atoms with Gasteiger partial charge in [-0.2, -0.15) is 0 Å². The van der Waals surface area contributed by atoms with Crippen molar-refractivity contribution in [3.05, 3.63) is 155 Å². The Bertz CT molecular complexity index is 1530. The summed E-state index contributed by atoms with van der Waals surface area (Å²) in [4.78, 5) is 0. The summed E-state index contributed by atoms with van der Waals surface area (Å²) in [5.41, 5.74) is 11.8. The molecule has 4 aromatic rings. The minimum absolute atomic E-state index is 0.581. The molecule has 0 heterocycles. The standard InChI is InChI=1S/C37H34O/c1-26-14-18-32(19-15-26)37(31-10-6-5-7-11-31)25-29-17-16-27(2)36(24-29)35-13-9-8-12-34(35)28(3)30-20-22-33(38-4)23-21-30/h5-14,16-26H,3,15H2,1-2,4H3/b37-25-. The third kappa shape index (κ3) is 5.48. The van der Waals surface area contributed by atoms with Crippen LogP contribution in [0.15, 0.2) is 127 Å². The van der Waals surface area contributed by atoms with Crippen LogP contribution in [-0.4, -0.2) is 7.11 Å². The van der Waals surface area contributed by atoms with E-state index in [-0.39, 0.29) is 0 Å². The summed E-state index contributed by atoms with van der Waals surface area (Å²) in [6.45, 7) is 8.92. The number of ether oxygens (including phenoxy) is 1. The van der Waals surface area contributed by atoms with Crippen LogP contribution in [0.2, 0.25) is 0 Å². The molecule has 0 spiro atoms. The van der Waals surface area contributed by atoms with Crippen LogP contribution in [0.5, 0.6) is 5.75 Å². The first kappa shape index (κ1) is 25.3. The normalized spacial score (nSPS) is 15.2. The first-order chi connectivity index (χ1) is 18.5. The molecule has 0 saturated carbocycles. The third-order valence-electron chi connectivity index (χ3n) is 7.26. The molecule has 1 unspecified atom stereocenters. The van der Waals surface area contributed by atoms with E-state index < -0.39 is 0 Å². The molecule has 1 atom stereocenters. The van der Waals surface area contributed by atoms with Gasteiger partial charge in [-0.3, -0.25) is 0 Å². The Hall–Kier alpha value is -4.36. The maximum absolute atomic E-state index is 5.35. The maximum Gasteiger partial charge on any atom is 0.118 e. The fourth-order valence-corrected chi connectivity index (χ4v) is 4.99. The Morgan fingerprint density at radius 2 is 1.58 bits per heavy atom. The van der Waals surface area contributed by atoms with Crippen molar-refractivity contribution in [1.29, 1.82) is 0 Å². The van der Waals surface area contributed by atoms with E-state index in [4.69, 9.17) is 4.74 Å². The van der Waals surface area contributed by atoms with Gasteiger partial charge < -0.3 is 4.74 Å². The summed E-state index contributed by atoms with van der Waals surface area (Å²) >= 11 is 0. The molecule has 1 heteroatoms. The topological polar surface area (TPSA) is 9.23 Å². The van der Waals surface area contributed by atoms with Crippen molar-refractivity contribution in [3.63, 3.8) is 0 Å². The van der Waals surface area contributed by atoms with Crippen LogP contribution in [-0.2, 0) is 0 Å². The molecule has 0 N–H and O–H groups in total. The minimum Gasteiger partial charge on any atom is -0.497 e. The number of methoxy groups -OCH3 is 1. The molecule has 1 aliphatic carbocycles. The largest absolute Gasteiger partial charge is 0.497 e. The average molecular weight is 495 g/mol. The van der Waals surface area contributed by atoms with Gasteiger partial charge in [-0.05, 0) is 99.2 Å². The van der Waals surface area contributed by atoms with Gasteiger partial charge in [-0.15, -0.1) is 0 Å². The monoisotopic (exact) mass is 494 g/mol. The second-order valence-electron chi connectivity index (χ2n) is 9.98. The van der Waals surface area contributed by atoms with Crippen molar-refractivity contribution in [1.82, 2.24) is 0 Å². The van der Waals surface area contributed by atoms with Crippen molar-refractivity contribution in [2.24, 2.45) is 5.92 Å². The molecule has 5 rings (SSSR count). The first-order valence-corrected chi connectivity index (χ1v) is 13.2. The Balaban J connectivity index is 1.58. The van der Waals surface area contributed by atoms with Gasteiger partial charge >= 0.3 is 0 Å². The number of allylic oxidation sites excluding steroid dienone is 5. The molecular formula is C37H34O. The fraction of sp³-hybridized carbons (Fsp3) is 0.135. The van der Waals surface area contributed by atoms with Crippen molar-refractivity contribution < 1.29 is 4.74 Å². The van der Waals surface area contributed by atoms with E-state index in [0.717, 1.165) is 28.9 Å². The van der Waals surface area contributed by atoms with Gasteiger partial charge in [0.1, 0.15) is 5.75 Å². The van der Waals surface area contributed by atoms with Crippen LogP contribution >= 0.6 is 0 Å². The highest BCUT2D eigenvalue weighted by Crippen LogP contribution is 2.36. The lowest BCUT2D eigenvalue weighted by molar-refractivity contribution is 0.415. The van der Waals surface area contributed by atoms with Gasteiger partial charge in [-0.25, -0.2) is 0 Å². The second kappa shape index (κ2) is 11.4. The third-order valence-corrected chi connectivity index (χ3v) is 7.26. The molecule has 0 aliphatic heterocycles. The van der Waals surface area contributed by atoms with Crippen molar-refractivity contribution in [2.45, 2.75) is 20.3 Å². The van der Waals surface area contributed by atoms with Crippen LogP contribution < -0.4 is 4.74 Å². The van der Waals surface area contributed by atoms with E-state index in [1.165, 1.54) is 39.0 Å². The highest BCUT2D eigenvalue weighted by molar-refractivity contribution is 5.94. The molecule has 188 valence electrons. The minimum atomic E-state index is 0.581. The molecule has 38 heavy (non-hydrogen) atoms. The zero-order valence-corrected chi connectivity index (χ0v) is 22.4. The first-order valence-electron chi connectivity index (χ1n) is 13.2. The van der Waals surface area contributed by atoms with Crippen molar-refractivity contribution in [2.75, 3.05) is 7.11 Å². The lowest BCUT2D eigenvalue weighted by Crippen LogP contribution is -1.97. The summed E-state index contributed by atoms with van der Waals surface area (Å²) < 4.78 is 5.35. The van der Waals surface area contributed by atoms with E-state index >= 15 is 0 Å². The average Bonchev–Trinajstić information content (AvgIpc) is 2.97. The number of benzene rings is 4. The smallest absolute Gasteiger partial charge is 0.118 e. The maximum atomic E-state index is 5.35. The van der Waals surface area contributed by atoms with Crippen LogP contribution in [0.25, 0.3) is 28.3 Å². The Morgan fingerprint density at radius 1 is 0.842 bits per heavy atom. The van der Waals surface area contributed by atoms with E-state index in [0.29, 0.717) is 5.92 Å². The number of rotatable bonds is 7. The van der Waals surface area contributed by atoms with Crippen LogP contribution in [0.4, 0.5) is 0 Å². The summed E-state index contributed by atoms with van der Waals surface area (Å²) in [6.07, 6.45) is 10.3. The van der Waals surface area contributed by atoms with Gasteiger partial charge in [0, 0.05) is 0 Å². The van der Waals surface area contributed by atoms with Crippen LogP contribution in [0, 0.1) is 12.8 Å². The Morgan fingerprint density at radius 3 is 2.29 bits per heavy atom.